The van der Waals surface area contributed by atoms with Crippen molar-refractivity contribution in [3.05, 3.63) is 48.0 Å². The van der Waals surface area contributed by atoms with E-state index in [-0.39, 0.29) is 0 Å². The molecule has 0 bridgehead atoms. The molecule has 2 aromatic rings. The third kappa shape index (κ3) is 2.66. The minimum absolute atomic E-state index is 1.07. The van der Waals surface area contributed by atoms with Crippen molar-refractivity contribution in [1.29, 1.82) is 0 Å². The molecule has 2 heteroatoms. The number of hydrogen-bond donors (Lipinski definition) is 0. The fraction of sp³-hybridized carbons (Fsp3) is 0.286. The normalized spacial score (nSPS) is 14.9. The SMILES string of the molecule is CC[Si](C)(Cl)Cc1ccc2ccccc2c1. The molecule has 0 aliphatic carbocycles. The molecule has 2 aromatic carbocycles. The van der Waals surface area contributed by atoms with Crippen molar-refractivity contribution in [3.63, 3.8) is 0 Å². The van der Waals surface area contributed by atoms with Crippen LogP contribution in [0.25, 0.3) is 10.8 Å². The lowest BCUT2D eigenvalue weighted by atomic mass is 10.1. The fourth-order valence-corrected chi connectivity index (χ4v) is 3.68. The number of hydrogen-bond acceptors (Lipinski definition) is 0. The molecule has 0 saturated heterocycles. The lowest BCUT2D eigenvalue weighted by Crippen LogP contribution is -2.24. The Labute approximate surface area is 103 Å². The van der Waals surface area contributed by atoms with E-state index in [4.69, 9.17) is 11.1 Å². The molecule has 16 heavy (non-hydrogen) atoms. The Hall–Kier alpha value is -0.793. The zero-order valence-electron chi connectivity index (χ0n) is 9.83. The van der Waals surface area contributed by atoms with Crippen LogP contribution >= 0.6 is 11.1 Å². The molecule has 84 valence electrons. The summed E-state index contributed by atoms with van der Waals surface area (Å²) in [5, 5.41) is 2.62. The van der Waals surface area contributed by atoms with Crippen LogP contribution in [0.15, 0.2) is 42.5 Å². The van der Waals surface area contributed by atoms with Crippen molar-refractivity contribution < 1.29 is 0 Å². The maximum Gasteiger partial charge on any atom is 0.157 e. The van der Waals surface area contributed by atoms with Crippen molar-refractivity contribution >= 4 is 29.2 Å². The van der Waals surface area contributed by atoms with Gasteiger partial charge in [-0.25, -0.2) is 0 Å². The minimum atomic E-state index is -1.53. The first kappa shape index (κ1) is 11.7. The van der Waals surface area contributed by atoms with E-state index >= 15 is 0 Å². The molecule has 0 N–H and O–H groups in total. The molecule has 0 radical (unpaired) electrons. The van der Waals surface area contributed by atoms with Crippen LogP contribution in [-0.4, -0.2) is 7.38 Å². The van der Waals surface area contributed by atoms with Gasteiger partial charge in [-0.3, -0.25) is 0 Å². The smallest absolute Gasteiger partial charge is 0.157 e. The van der Waals surface area contributed by atoms with Crippen LogP contribution in [0.3, 0.4) is 0 Å². The van der Waals surface area contributed by atoms with Crippen molar-refractivity contribution in [2.75, 3.05) is 0 Å². The summed E-state index contributed by atoms with van der Waals surface area (Å²) in [4.78, 5) is 0. The lowest BCUT2D eigenvalue weighted by molar-refractivity contribution is 1.28. The van der Waals surface area contributed by atoms with E-state index in [0.717, 1.165) is 12.1 Å². The topological polar surface area (TPSA) is 0 Å². The number of halogens is 1. The summed E-state index contributed by atoms with van der Waals surface area (Å²) in [5.74, 6) is 0. The molecule has 0 heterocycles. The van der Waals surface area contributed by atoms with Gasteiger partial charge in [-0.2, -0.15) is 11.1 Å². The van der Waals surface area contributed by atoms with Crippen LogP contribution in [-0.2, 0) is 6.04 Å². The van der Waals surface area contributed by atoms with E-state index in [0.29, 0.717) is 0 Å². The second kappa shape index (κ2) is 4.60. The standard InChI is InChI=1S/C14H17ClSi/c1-3-16(2,15)11-12-8-9-13-6-4-5-7-14(13)10-12/h4-10H,3,11H2,1-2H3. The van der Waals surface area contributed by atoms with Gasteiger partial charge in [-0.15, -0.1) is 0 Å². The Morgan fingerprint density at radius 3 is 2.44 bits per heavy atom. The summed E-state index contributed by atoms with van der Waals surface area (Å²) >= 11 is 6.55. The van der Waals surface area contributed by atoms with Crippen LogP contribution in [0, 0.1) is 0 Å². The summed E-state index contributed by atoms with van der Waals surface area (Å²) in [6, 6.07) is 17.4. The zero-order chi connectivity index (χ0) is 11.6. The Balaban J connectivity index is 2.33. The maximum atomic E-state index is 6.55. The van der Waals surface area contributed by atoms with E-state index < -0.39 is 7.38 Å². The molecule has 0 aliphatic rings. The van der Waals surface area contributed by atoms with Gasteiger partial charge in [0.2, 0.25) is 0 Å². The quantitative estimate of drug-likeness (QED) is 0.543. The summed E-state index contributed by atoms with van der Waals surface area (Å²) in [7, 11) is -1.53. The van der Waals surface area contributed by atoms with E-state index in [1.165, 1.54) is 16.3 Å². The van der Waals surface area contributed by atoms with Crippen LogP contribution < -0.4 is 0 Å². The summed E-state index contributed by atoms with van der Waals surface area (Å²) in [6.07, 6.45) is 0. The van der Waals surface area contributed by atoms with E-state index in [9.17, 15) is 0 Å². The molecule has 0 aromatic heterocycles. The van der Waals surface area contributed by atoms with Gasteiger partial charge in [0.1, 0.15) is 0 Å². The van der Waals surface area contributed by atoms with E-state index in [1.807, 2.05) is 0 Å². The predicted molar refractivity (Wildman–Crippen MR) is 75.6 cm³/mol. The van der Waals surface area contributed by atoms with Gasteiger partial charge in [-0.1, -0.05) is 55.9 Å². The lowest BCUT2D eigenvalue weighted by Gasteiger charge is -2.17. The summed E-state index contributed by atoms with van der Waals surface area (Å²) < 4.78 is 0. The first-order valence-corrected chi connectivity index (χ1v) is 9.70. The maximum absolute atomic E-state index is 6.55. The van der Waals surface area contributed by atoms with Crippen molar-refractivity contribution in [2.45, 2.75) is 25.6 Å². The highest BCUT2D eigenvalue weighted by molar-refractivity contribution is 7.19. The third-order valence-electron chi connectivity index (χ3n) is 3.12. The summed E-state index contributed by atoms with van der Waals surface area (Å²) in [6.45, 7) is 4.43. The average molecular weight is 249 g/mol. The average Bonchev–Trinajstić information content (AvgIpc) is 2.28. The Kier molecular flexibility index (Phi) is 3.36. The second-order valence-corrected chi connectivity index (χ2v) is 11.3. The monoisotopic (exact) mass is 248 g/mol. The molecule has 0 saturated carbocycles. The molecule has 0 spiro atoms. The molecule has 0 fully saturated rings. The number of rotatable bonds is 3. The van der Waals surface area contributed by atoms with E-state index in [2.05, 4.69) is 55.9 Å². The first-order chi connectivity index (χ1) is 7.61. The Morgan fingerprint density at radius 2 is 1.75 bits per heavy atom. The van der Waals surface area contributed by atoms with Crippen LogP contribution in [0.5, 0.6) is 0 Å². The molecular weight excluding hydrogens is 232 g/mol. The van der Waals surface area contributed by atoms with Gasteiger partial charge >= 0.3 is 0 Å². The molecule has 0 aliphatic heterocycles. The molecule has 1 atom stereocenters. The molecule has 1 unspecified atom stereocenters. The first-order valence-electron chi connectivity index (χ1n) is 5.77. The molecule has 2 rings (SSSR count). The molecule has 0 amide bonds. The minimum Gasteiger partial charge on any atom is -0.167 e. The largest absolute Gasteiger partial charge is 0.167 e. The zero-order valence-corrected chi connectivity index (χ0v) is 11.6. The third-order valence-corrected chi connectivity index (χ3v) is 6.95. The Bertz CT molecular complexity index is 491. The van der Waals surface area contributed by atoms with Crippen molar-refractivity contribution in [1.82, 2.24) is 0 Å². The van der Waals surface area contributed by atoms with Gasteiger partial charge in [0.05, 0.1) is 0 Å². The predicted octanol–water partition coefficient (Wildman–Crippen LogP) is 4.76. The highest BCUT2D eigenvalue weighted by Crippen LogP contribution is 2.23. The highest BCUT2D eigenvalue weighted by Gasteiger charge is 2.22. The van der Waals surface area contributed by atoms with Crippen LogP contribution in [0.1, 0.15) is 12.5 Å². The van der Waals surface area contributed by atoms with Gasteiger partial charge < -0.3 is 0 Å². The second-order valence-electron chi connectivity index (χ2n) is 4.63. The number of fused-ring (bicyclic) bond motifs is 1. The van der Waals surface area contributed by atoms with Crippen LogP contribution in [0.2, 0.25) is 12.6 Å². The van der Waals surface area contributed by atoms with Crippen molar-refractivity contribution in [3.8, 4) is 0 Å². The number of benzene rings is 2. The molecule has 0 nitrogen and oxygen atoms in total. The van der Waals surface area contributed by atoms with Gasteiger partial charge in [0.15, 0.2) is 7.38 Å². The summed E-state index contributed by atoms with van der Waals surface area (Å²) in [5.41, 5.74) is 1.38. The van der Waals surface area contributed by atoms with Gasteiger partial charge in [0, 0.05) is 0 Å². The van der Waals surface area contributed by atoms with Gasteiger partial charge in [0.25, 0.3) is 0 Å². The van der Waals surface area contributed by atoms with Gasteiger partial charge in [-0.05, 0) is 28.4 Å². The van der Waals surface area contributed by atoms with Crippen molar-refractivity contribution in [2.24, 2.45) is 0 Å². The van der Waals surface area contributed by atoms with Crippen LogP contribution in [0.4, 0.5) is 0 Å². The van der Waals surface area contributed by atoms with E-state index in [1.54, 1.807) is 0 Å². The highest BCUT2D eigenvalue weighted by atomic mass is 35.6. The Morgan fingerprint density at radius 1 is 1.06 bits per heavy atom. The molecular formula is C14H17ClSi. The fourth-order valence-electron chi connectivity index (χ4n) is 1.90.